The summed E-state index contributed by atoms with van der Waals surface area (Å²) in [4.78, 5) is 0. The van der Waals surface area contributed by atoms with Crippen LogP contribution < -0.4 is 5.73 Å². The predicted octanol–water partition coefficient (Wildman–Crippen LogP) is -11.6. The lowest BCUT2D eigenvalue weighted by atomic mass is 9.90. The highest BCUT2D eigenvalue weighted by Crippen LogP contribution is 2.40. The van der Waals surface area contributed by atoms with Gasteiger partial charge in [-0.05, 0) is 0 Å². The van der Waals surface area contributed by atoms with Crippen molar-refractivity contribution in [2.24, 2.45) is 17.6 Å². The van der Waals surface area contributed by atoms with E-state index in [1.54, 1.807) is 0 Å². The van der Waals surface area contributed by atoms with E-state index in [0.29, 0.717) is 0 Å². The minimum atomic E-state index is -2.11. The molecule has 6 fully saturated rings. The second kappa shape index (κ2) is 25.6. The maximum Gasteiger partial charge on any atom is 0.187 e. The number of aliphatic hydroxyl groups is 17. The quantitative estimate of drug-likeness (QED) is 0.0571. The molecule has 6 saturated heterocycles. The molecule has 12 unspecified atom stereocenters. The molecule has 70 heavy (non-hydrogen) atoms. The Hall–Kier alpha value is -1.20. The van der Waals surface area contributed by atoms with Crippen LogP contribution in [-0.4, -0.2) is 312 Å². The third-order valence-electron chi connectivity index (χ3n) is 13.5. The van der Waals surface area contributed by atoms with Gasteiger partial charge in [0.15, 0.2) is 37.7 Å². The first kappa shape index (κ1) is 58.1. The average molecular weight is 1030 g/mol. The maximum absolute atomic E-state index is 11.6. The highest BCUT2D eigenvalue weighted by Gasteiger charge is 2.57. The second-order valence-electron chi connectivity index (χ2n) is 18.1. The predicted molar refractivity (Wildman–Crippen MR) is 218 cm³/mol. The zero-order valence-corrected chi connectivity index (χ0v) is 38.1. The van der Waals surface area contributed by atoms with E-state index in [4.69, 9.17) is 62.6 Å². The summed E-state index contributed by atoms with van der Waals surface area (Å²) < 4.78 is 70.1. The molecule has 30 heteroatoms. The van der Waals surface area contributed by atoms with E-state index in [2.05, 4.69) is 0 Å². The van der Waals surface area contributed by atoms with E-state index in [1.165, 1.54) is 13.8 Å². The highest BCUT2D eigenvalue weighted by atomic mass is 16.8. The molecule has 6 aliphatic heterocycles. The average Bonchev–Trinajstić information content (AvgIpc) is 3.35. The summed E-state index contributed by atoms with van der Waals surface area (Å²) in [6.07, 6.45) is -47.7. The molecule has 30 nitrogen and oxygen atoms in total. The van der Waals surface area contributed by atoms with Gasteiger partial charge < -0.3 is 149 Å². The first-order chi connectivity index (χ1) is 33.3. The Balaban J connectivity index is 1.23. The summed E-state index contributed by atoms with van der Waals surface area (Å²) in [5, 5.41) is 181. The molecular formula is C40H71NO29. The van der Waals surface area contributed by atoms with Crippen LogP contribution in [0, 0.1) is 11.8 Å². The van der Waals surface area contributed by atoms with Gasteiger partial charge in [0.25, 0.3) is 0 Å². The fourth-order valence-electron chi connectivity index (χ4n) is 9.28. The number of ether oxygens (including phenoxy) is 12. The van der Waals surface area contributed by atoms with Crippen molar-refractivity contribution in [1.82, 2.24) is 0 Å². The monoisotopic (exact) mass is 1030 g/mol. The van der Waals surface area contributed by atoms with Crippen LogP contribution in [0.2, 0.25) is 0 Å². The summed E-state index contributed by atoms with van der Waals surface area (Å²) in [5.74, 6) is -2.33. The Morgan fingerprint density at radius 3 is 1.13 bits per heavy atom. The lowest BCUT2D eigenvalue weighted by molar-refractivity contribution is -0.399. The molecular weight excluding hydrogens is 958 g/mol. The van der Waals surface area contributed by atoms with Crippen LogP contribution in [0.1, 0.15) is 13.8 Å². The van der Waals surface area contributed by atoms with E-state index in [1.807, 2.05) is 0 Å². The van der Waals surface area contributed by atoms with Gasteiger partial charge in [-0.3, -0.25) is 0 Å². The van der Waals surface area contributed by atoms with Crippen molar-refractivity contribution in [1.29, 1.82) is 0 Å². The molecule has 0 aromatic rings. The van der Waals surface area contributed by atoms with Gasteiger partial charge in [-0.1, -0.05) is 13.8 Å². The minimum absolute atomic E-state index is 0.00409. The SMILES string of the molecule is CC1[C@H](O[C@@H]2C(CO)O[C@H](O[C@H]3C(CO)O[C@@H](O[C@@H]4C(O)[C@@H](OCCN)OC(CO)[C@H]4O)C(C)[C@H]3O[C@@H]3OC(CO)[C@@H](O)[C@H](O)C3O)C(O)[C@H]2O)OC(CO)[C@H](O)[C@@H]1O[C@@H]1OC(CO)[C@@H](O)[C@H](O)C1O. The second-order valence-corrected chi connectivity index (χ2v) is 18.1. The van der Waals surface area contributed by atoms with Crippen molar-refractivity contribution in [3.63, 3.8) is 0 Å². The van der Waals surface area contributed by atoms with E-state index in [-0.39, 0.29) is 13.2 Å². The molecule has 0 bridgehead atoms. The zero-order chi connectivity index (χ0) is 51.5. The van der Waals surface area contributed by atoms with Crippen molar-refractivity contribution >= 4 is 0 Å². The summed E-state index contributed by atoms with van der Waals surface area (Å²) in [6.45, 7) is -2.44. The topological polar surface area (TPSA) is 481 Å². The number of aliphatic hydroxyl groups excluding tert-OH is 17. The van der Waals surface area contributed by atoms with Crippen molar-refractivity contribution in [2.75, 3.05) is 52.8 Å². The molecule has 410 valence electrons. The lowest BCUT2D eigenvalue weighted by Crippen LogP contribution is -2.67. The number of nitrogens with two attached hydrogens (primary N) is 1. The van der Waals surface area contributed by atoms with Gasteiger partial charge in [0.1, 0.15) is 122 Å². The van der Waals surface area contributed by atoms with E-state index in [0.717, 1.165) is 0 Å². The van der Waals surface area contributed by atoms with Gasteiger partial charge in [0.2, 0.25) is 0 Å². The molecule has 0 aliphatic carbocycles. The van der Waals surface area contributed by atoms with Gasteiger partial charge in [-0.25, -0.2) is 0 Å². The summed E-state index contributed by atoms with van der Waals surface area (Å²) >= 11 is 0. The van der Waals surface area contributed by atoms with Crippen LogP contribution >= 0.6 is 0 Å². The highest BCUT2D eigenvalue weighted by molar-refractivity contribution is 4.99. The molecule has 0 aromatic carbocycles. The Morgan fingerprint density at radius 2 is 0.643 bits per heavy atom. The first-order valence-electron chi connectivity index (χ1n) is 23.0. The molecule has 0 amide bonds. The van der Waals surface area contributed by atoms with Crippen LogP contribution in [-0.2, 0) is 56.8 Å². The third-order valence-corrected chi connectivity index (χ3v) is 13.5. The standard InChI is InChI=1S/C40H71NO29/c1-11-30(66-38-26(55)23(52)19(48)13(5-42)62-38)21(50)15(7-44)60-35(11)68-32-17(9-46)65-40(28(57)25(32)54)69-33-18(10-47)64-36(70-34-22(51)16(8-45)61-37(29(34)58)59-4-3-41)12(2)31(33)67-39-27(56)24(53)20(49)14(6-43)63-39/h11-40,42-58H,3-10,41H2,1-2H3/t11?,12?,13?,14?,15?,16?,17?,18?,19-,20-,21+,22-,23+,24+,25-,26?,27?,28?,29?,30-,31-,32-,33+,34+,35+,36+,37+,38+,39+,40-/m1/s1. The lowest BCUT2D eigenvalue weighted by Gasteiger charge is -2.51. The van der Waals surface area contributed by atoms with E-state index in [9.17, 15) is 86.8 Å². The van der Waals surface area contributed by atoms with Gasteiger partial charge in [0.05, 0.1) is 58.5 Å². The number of hydrogen-bond acceptors (Lipinski definition) is 30. The van der Waals surface area contributed by atoms with Crippen LogP contribution in [0.25, 0.3) is 0 Å². The van der Waals surface area contributed by atoms with Crippen LogP contribution in [0.15, 0.2) is 0 Å². The summed E-state index contributed by atoms with van der Waals surface area (Å²) in [5.41, 5.74) is 5.53. The number of hydrogen-bond donors (Lipinski definition) is 18. The van der Waals surface area contributed by atoms with Crippen molar-refractivity contribution in [3.8, 4) is 0 Å². The summed E-state index contributed by atoms with van der Waals surface area (Å²) in [7, 11) is 0. The van der Waals surface area contributed by atoms with Gasteiger partial charge in [0, 0.05) is 18.4 Å². The van der Waals surface area contributed by atoms with Crippen LogP contribution in [0.3, 0.4) is 0 Å². The first-order valence-corrected chi connectivity index (χ1v) is 23.0. The maximum atomic E-state index is 11.6. The fourth-order valence-corrected chi connectivity index (χ4v) is 9.28. The molecule has 19 N–H and O–H groups in total. The van der Waals surface area contributed by atoms with Crippen molar-refractivity contribution in [3.05, 3.63) is 0 Å². The largest absolute Gasteiger partial charge is 0.394 e. The Morgan fingerprint density at radius 1 is 0.314 bits per heavy atom. The van der Waals surface area contributed by atoms with E-state index >= 15 is 0 Å². The Labute approximate surface area is 399 Å². The molecule has 6 heterocycles. The normalized spacial score (nSPS) is 51.6. The molecule has 0 aromatic heterocycles. The van der Waals surface area contributed by atoms with Crippen molar-refractivity contribution < 1.29 is 144 Å². The molecule has 0 radical (unpaired) electrons. The molecule has 6 rings (SSSR count). The van der Waals surface area contributed by atoms with Gasteiger partial charge in [-0.2, -0.15) is 0 Å². The molecule has 30 atom stereocenters. The fraction of sp³-hybridized carbons (Fsp3) is 1.00. The van der Waals surface area contributed by atoms with Gasteiger partial charge >= 0.3 is 0 Å². The molecule has 0 spiro atoms. The summed E-state index contributed by atoms with van der Waals surface area (Å²) in [6, 6.07) is 0. The zero-order valence-electron chi connectivity index (χ0n) is 38.1. The molecule has 6 aliphatic rings. The van der Waals surface area contributed by atoms with Crippen LogP contribution in [0.4, 0.5) is 0 Å². The van der Waals surface area contributed by atoms with Crippen molar-refractivity contribution in [2.45, 2.75) is 186 Å². The molecule has 0 saturated carbocycles. The van der Waals surface area contributed by atoms with Gasteiger partial charge in [-0.15, -0.1) is 0 Å². The third kappa shape index (κ3) is 12.1. The minimum Gasteiger partial charge on any atom is -0.394 e. The number of rotatable bonds is 19. The smallest absolute Gasteiger partial charge is 0.187 e. The van der Waals surface area contributed by atoms with Crippen LogP contribution in [0.5, 0.6) is 0 Å². The van der Waals surface area contributed by atoms with E-state index < -0.39 is 224 Å². The Bertz CT molecular complexity index is 1560. The Kier molecular flexibility index (Phi) is 21.2.